The molecule has 34 heavy (non-hydrogen) atoms. The van der Waals surface area contributed by atoms with Crippen LogP contribution in [-0.4, -0.2) is 36.5 Å². The van der Waals surface area contributed by atoms with Gasteiger partial charge < -0.3 is 5.11 Å². The van der Waals surface area contributed by atoms with Gasteiger partial charge in [-0.15, -0.1) is 0 Å². The van der Waals surface area contributed by atoms with Gasteiger partial charge in [0, 0.05) is 21.1 Å². The van der Waals surface area contributed by atoms with Crippen LogP contribution in [0.4, 0.5) is 0 Å². The van der Waals surface area contributed by atoms with Crippen LogP contribution in [0.3, 0.4) is 0 Å². The number of phenols is 1. The van der Waals surface area contributed by atoms with E-state index in [4.69, 9.17) is 23.2 Å². The van der Waals surface area contributed by atoms with Crippen molar-refractivity contribution < 1.29 is 18.3 Å². The van der Waals surface area contributed by atoms with E-state index in [1.807, 2.05) is 0 Å². The Bertz CT molecular complexity index is 1340. The molecule has 0 saturated heterocycles. The first kappa shape index (κ1) is 26.7. The van der Waals surface area contributed by atoms with Crippen molar-refractivity contribution in [3.05, 3.63) is 90.8 Å². The maximum atomic E-state index is 13.3. The van der Waals surface area contributed by atoms with Gasteiger partial charge in [-0.3, -0.25) is 4.79 Å². The first-order chi connectivity index (χ1) is 16.1. The Morgan fingerprint density at radius 2 is 1.68 bits per heavy atom. The molecule has 0 aliphatic heterocycles. The lowest BCUT2D eigenvalue weighted by Crippen LogP contribution is -2.39. The number of nitrogens with one attached hydrogen (secondary N) is 1. The van der Waals surface area contributed by atoms with Crippen molar-refractivity contribution in [2.45, 2.75) is 11.4 Å². The largest absolute Gasteiger partial charge is 0.507 e. The molecule has 12 heteroatoms. The Kier molecular flexibility index (Phi) is 9.14. The number of hydrogen-bond donors (Lipinski definition) is 2. The number of hydrogen-bond acceptors (Lipinski definition) is 5. The normalized spacial score (nSPS) is 11.8. The van der Waals surface area contributed by atoms with Crippen LogP contribution in [0.25, 0.3) is 0 Å². The van der Waals surface area contributed by atoms with Crippen molar-refractivity contribution in [3.63, 3.8) is 0 Å². The second-order valence-corrected chi connectivity index (χ2v) is 11.6. The SMILES string of the molecule is O=C(CN(Cc1ccc(Cl)c(Cl)c1)S(=O)(=O)c1ccc(Br)cc1)N/N=C/c1cc(Br)ccc1O. The molecule has 7 nitrogen and oxygen atoms in total. The molecule has 0 aromatic heterocycles. The molecule has 0 bridgehead atoms. The molecule has 3 rings (SSSR count). The predicted octanol–water partition coefficient (Wildman–Crippen LogP) is 5.57. The van der Waals surface area contributed by atoms with Crippen molar-refractivity contribution in [1.82, 2.24) is 9.73 Å². The minimum absolute atomic E-state index is 0.0196. The van der Waals surface area contributed by atoms with Gasteiger partial charge in [0.05, 0.1) is 27.7 Å². The molecule has 0 aliphatic carbocycles. The molecule has 0 aliphatic rings. The van der Waals surface area contributed by atoms with Gasteiger partial charge in [-0.05, 0) is 60.2 Å². The summed E-state index contributed by atoms with van der Waals surface area (Å²) in [6.07, 6.45) is 1.25. The molecule has 0 radical (unpaired) electrons. The van der Waals surface area contributed by atoms with Crippen LogP contribution in [0.1, 0.15) is 11.1 Å². The zero-order valence-electron chi connectivity index (χ0n) is 17.3. The van der Waals surface area contributed by atoms with E-state index in [9.17, 15) is 18.3 Å². The standard InChI is InChI=1S/C22H17Br2Cl2N3O4S/c23-16-2-5-18(6-3-16)34(32,33)29(12-14-1-7-19(25)20(26)9-14)13-22(31)28-27-11-15-10-17(24)4-8-21(15)30/h1-11,30H,12-13H2,(H,28,31)/b27-11+. The summed E-state index contributed by atoms with van der Waals surface area (Å²) in [5, 5.41) is 14.3. The summed E-state index contributed by atoms with van der Waals surface area (Å²) in [6, 6.07) is 15.5. The number of benzene rings is 3. The smallest absolute Gasteiger partial charge is 0.255 e. The van der Waals surface area contributed by atoms with Crippen LogP contribution < -0.4 is 5.43 Å². The first-order valence-electron chi connectivity index (χ1n) is 9.56. The number of nitrogens with zero attached hydrogens (tertiary/aromatic N) is 2. The summed E-state index contributed by atoms with van der Waals surface area (Å²) < 4.78 is 29.1. The van der Waals surface area contributed by atoms with Gasteiger partial charge in [-0.1, -0.05) is 61.1 Å². The van der Waals surface area contributed by atoms with Gasteiger partial charge in [0.15, 0.2) is 0 Å². The molecule has 0 saturated carbocycles. The quantitative estimate of drug-likeness (QED) is 0.246. The number of phenolic OH excluding ortho intramolecular Hbond substituents is 1. The topological polar surface area (TPSA) is 99.1 Å². The molecule has 0 heterocycles. The van der Waals surface area contributed by atoms with Crippen LogP contribution in [0.15, 0.2) is 79.6 Å². The van der Waals surface area contributed by atoms with Gasteiger partial charge in [0.1, 0.15) is 5.75 Å². The number of amides is 1. The molecule has 0 fully saturated rings. The fourth-order valence-electron chi connectivity index (χ4n) is 2.82. The lowest BCUT2D eigenvalue weighted by molar-refractivity contribution is -0.121. The Morgan fingerprint density at radius 1 is 1.00 bits per heavy atom. The van der Waals surface area contributed by atoms with E-state index < -0.39 is 22.5 Å². The van der Waals surface area contributed by atoms with Crippen LogP contribution in [-0.2, 0) is 21.4 Å². The van der Waals surface area contributed by atoms with Crippen LogP contribution in [0.5, 0.6) is 5.75 Å². The van der Waals surface area contributed by atoms with Gasteiger partial charge >= 0.3 is 0 Å². The fraction of sp³-hybridized carbons (Fsp3) is 0.0909. The molecular weight excluding hydrogens is 633 g/mol. The number of aromatic hydroxyl groups is 1. The zero-order valence-corrected chi connectivity index (χ0v) is 22.8. The van der Waals surface area contributed by atoms with Gasteiger partial charge in [0.25, 0.3) is 5.91 Å². The van der Waals surface area contributed by atoms with E-state index in [0.717, 1.165) is 4.31 Å². The first-order valence-corrected chi connectivity index (χ1v) is 13.3. The number of carbonyl (C=O) groups is 1. The third kappa shape index (κ3) is 7.03. The van der Waals surface area contributed by atoms with Crippen molar-refractivity contribution in [2.75, 3.05) is 6.54 Å². The van der Waals surface area contributed by atoms with Gasteiger partial charge in [-0.25, -0.2) is 13.8 Å². The number of carbonyl (C=O) groups excluding carboxylic acids is 1. The average Bonchev–Trinajstić information content (AvgIpc) is 2.78. The second-order valence-electron chi connectivity index (χ2n) is 6.97. The number of halogens is 4. The number of sulfonamides is 1. The highest BCUT2D eigenvalue weighted by atomic mass is 79.9. The van der Waals surface area contributed by atoms with Crippen molar-refractivity contribution in [2.24, 2.45) is 5.10 Å². The highest BCUT2D eigenvalue weighted by molar-refractivity contribution is 9.10. The second kappa shape index (κ2) is 11.7. The molecular formula is C22H17Br2Cl2N3O4S. The molecule has 1 amide bonds. The Labute approximate surface area is 223 Å². The molecule has 3 aromatic rings. The summed E-state index contributed by atoms with van der Waals surface area (Å²) in [5.74, 6) is -0.702. The fourth-order valence-corrected chi connectivity index (χ4v) is 5.17. The predicted molar refractivity (Wildman–Crippen MR) is 140 cm³/mol. The molecule has 0 unspecified atom stereocenters. The van der Waals surface area contributed by atoms with Crippen molar-refractivity contribution in [3.8, 4) is 5.75 Å². The summed E-state index contributed by atoms with van der Waals surface area (Å²) in [7, 11) is -4.05. The Hall–Kier alpha value is -1.95. The minimum Gasteiger partial charge on any atom is -0.507 e. The van der Waals surface area contributed by atoms with Crippen molar-refractivity contribution >= 4 is 77.2 Å². The highest BCUT2D eigenvalue weighted by Crippen LogP contribution is 2.25. The molecule has 3 aromatic carbocycles. The van der Waals surface area contributed by atoms with E-state index in [-0.39, 0.29) is 22.2 Å². The Balaban J connectivity index is 1.83. The van der Waals surface area contributed by atoms with E-state index in [1.54, 1.807) is 42.5 Å². The van der Waals surface area contributed by atoms with E-state index in [0.29, 0.717) is 25.1 Å². The molecule has 178 valence electrons. The van der Waals surface area contributed by atoms with E-state index >= 15 is 0 Å². The molecule has 2 N–H and O–H groups in total. The van der Waals surface area contributed by atoms with Gasteiger partial charge in [-0.2, -0.15) is 9.41 Å². The van der Waals surface area contributed by atoms with Crippen molar-refractivity contribution in [1.29, 1.82) is 0 Å². The minimum atomic E-state index is -4.05. The molecule has 0 atom stereocenters. The third-order valence-corrected chi connectivity index (χ3v) is 8.06. The lowest BCUT2D eigenvalue weighted by Gasteiger charge is -2.22. The van der Waals surface area contributed by atoms with Crippen LogP contribution in [0, 0.1) is 0 Å². The maximum Gasteiger partial charge on any atom is 0.255 e. The highest BCUT2D eigenvalue weighted by Gasteiger charge is 2.27. The van der Waals surface area contributed by atoms with E-state index in [1.165, 1.54) is 24.4 Å². The van der Waals surface area contributed by atoms with E-state index in [2.05, 4.69) is 42.4 Å². The third-order valence-electron chi connectivity index (χ3n) is 4.50. The number of rotatable bonds is 8. The zero-order chi connectivity index (χ0) is 24.9. The average molecular weight is 650 g/mol. The molecule has 0 spiro atoms. The maximum absolute atomic E-state index is 13.3. The summed E-state index contributed by atoms with van der Waals surface area (Å²) in [4.78, 5) is 12.6. The lowest BCUT2D eigenvalue weighted by atomic mass is 10.2. The summed E-state index contributed by atoms with van der Waals surface area (Å²) >= 11 is 18.6. The van der Waals surface area contributed by atoms with Gasteiger partial charge in [0.2, 0.25) is 10.0 Å². The van der Waals surface area contributed by atoms with Crippen LogP contribution >= 0.6 is 55.1 Å². The van der Waals surface area contributed by atoms with Crippen LogP contribution in [0.2, 0.25) is 10.0 Å². The summed E-state index contributed by atoms with van der Waals surface area (Å²) in [5.41, 5.74) is 3.20. The monoisotopic (exact) mass is 647 g/mol. The Morgan fingerprint density at radius 3 is 2.35 bits per heavy atom. The summed E-state index contributed by atoms with van der Waals surface area (Å²) in [6.45, 7) is -0.640. The number of hydrazone groups is 1.